The highest BCUT2D eigenvalue weighted by molar-refractivity contribution is 6.04. The zero-order valence-corrected chi connectivity index (χ0v) is 11.8. The molecule has 0 atom stereocenters. The lowest BCUT2D eigenvalue weighted by Gasteiger charge is -2.06. The summed E-state index contributed by atoms with van der Waals surface area (Å²) < 4.78 is 0. The van der Waals surface area contributed by atoms with Crippen molar-refractivity contribution in [3.63, 3.8) is 0 Å². The van der Waals surface area contributed by atoms with Crippen molar-refractivity contribution in [2.24, 2.45) is 0 Å². The van der Waals surface area contributed by atoms with Crippen molar-refractivity contribution in [2.45, 2.75) is 20.3 Å². The number of nitrogens with zero attached hydrogens (tertiary/aromatic N) is 3. The average Bonchev–Trinajstić information content (AvgIpc) is 2.89. The van der Waals surface area contributed by atoms with Crippen LogP contribution in [0.15, 0.2) is 30.3 Å². The minimum Gasteiger partial charge on any atom is -0.324 e. The Hall–Kier alpha value is -2.76. The van der Waals surface area contributed by atoms with E-state index in [1.54, 1.807) is 6.07 Å². The molecule has 0 aliphatic carbocycles. The number of aryl methyl sites for hydroxylation is 2. The smallest absolute Gasteiger partial charge is 0.259 e. The normalized spacial score (nSPS) is 10.8. The van der Waals surface area contributed by atoms with Gasteiger partial charge in [0.05, 0.1) is 28.0 Å². The molecule has 0 saturated carbocycles. The quantitative estimate of drug-likeness (QED) is 0.772. The van der Waals surface area contributed by atoms with Gasteiger partial charge in [-0.25, -0.2) is 4.98 Å². The highest BCUT2D eigenvalue weighted by Crippen LogP contribution is 2.15. The molecule has 6 heteroatoms. The summed E-state index contributed by atoms with van der Waals surface area (Å²) in [5.74, 6) is 0.196. The molecule has 1 aromatic carbocycles. The first-order valence-corrected chi connectivity index (χ1v) is 6.76. The second-order valence-electron chi connectivity index (χ2n) is 4.76. The van der Waals surface area contributed by atoms with Crippen LogP contribution in [-0.2, 0) is 6.42 Å². The van der Waals surface area contributed by atoms with Crippen LogP contribution in [0.3, 0.4) is 0 Å². The molecule has 0 fully saturated rings. The van der Waals surface area contributed by atoms with Crippen LogP contribution in [0.4, 0.5) is 5.95 Å². The summed E-state index contributed by atoms with van der Waals surface area (Å²) in [6.45, 7) is 3.75. The van der Waals surface area contributed by atoms with Gasteiger partial charge in [0.1, 0.15) is 0 Å². The van der Waals surface area contributed by atoms with Crippen LogP contribution in [0.5, 0.6) is 0 Å². The molecule has 0 bridgehead atoms. The average molecular weight is 281 g/mol. The number of para-hydroxylation sites is 2. The van der Waals surface area contributed by atoms with Gasteiger partial charge in [0.25, 0.3) is 5.91 Å². The molecule has 0 aliphatic heterocycles. The van der Waals surface area contributed by atoms with Crippen molar-refractivity contribution in [1.29, 1.82) is 0 Å². The molecule has 2 heterocycles. The van der Waals surface area contributed by atoms with Crippen molar-refractivity contribution in [2.75, 3.05) is 5.32 Å². The second-order valence-corrected chi connectivity index (χ2v) is 4.76. The maximum Gasteiger partial charge on any atom is 0.259 e. The van der Waals surface area contributed by atoms with Gasteiger partial charge in [-0.1, -0.05) is 19.1 Å². The van der Waals surface area contributed by atoms with Crippen LogP contribution >= 0.6 is 0 Å². The third-order valence-corrected chi connectivity index (χ3v) is 3.19. The molecule has 3 aromatic rings. The van der Waals surface area contributed by atoms with E-state index in [1.807, 2.05) is 38.1 Å². The Morgan fingerprint density at radius 3 is 2.86 bits per heavy atom. The Labute approximate surface area is 121 Å². The first kappa shape index (κ1) is 13.2. The van der Waals surface area contributed by atoms with E-state index in [-0.39, 0.29) is 5.91 Å². The minimum atomic E-state index is -0.232. The highest BCUT2D eigenvalue weighted by Gasteiger charge is 2.14. The van der Waals surface area contributed by atoms with Gasteiger partial charge in [-0.2, -0.15) is 10.2 Å². The minimum absolute atomic E-state index is 0.232. The Bertz CT molecular complexity index is 776. The predicted molar refractivity (Wildman–Crippen MR) is 80.2 cm³/mol. The molecular formula is C15H15N5O. The summed E-state index contributed by atoms with van der Waals surface area (Å²) in [4.78, 5) is 19.8. The van der Waals surface area contributed by atoms with E-state index in [0.717, 1.165) is 11.0 Å². The number of fused-ring (bicyclic) bond motifs is 1. The molecule has 0 spiro atoms. The highest BCUT2D eigenvalue weighted by atomic mass is 16.1. The lowest BCUT2D eigenvalue weighted by Crippen LogP contribution is -2.17. The Morgan fingerprint density at radius 1 is 1.29 bits per heavy atom. The van der Waals surface area contributed by atoms with Crippen LogP contribution < -0.4 is 5.32 Å². The lowest BCUT2D eigenvalue weighted by molar-refractivity contribution is 0.102. The number of aromatic nitrogens is 4. The van der Waals surface area contributed by atoms with Crippen LogP contribution in [0.25, 0.3) is 11.0 Å². The van der Waals surface area contributed by atoms with E-state index in [9.17, 15) is 4.79 Å². The number of benzene rings is 1. The van der Waals surface area contributed by atoms with E-state index < -0.39 is 0 Å². The van der Waals surface area contributed by atoms with Crippen LogP contribution in [0.2, 0.25) is 0 Å². The fourth-order valence-electron chi connectivity index (χ4n) is 2.16. The summed E-state index contributed by atoms with van der Waals surface area (Å²) in [7, 11) is 0. The van der Waals surface area contributed by atoms with Crippen molar-refractivity contribution >= 4 is 22.9 Å². The standard InChI is InChI=1S/C15H15N5O/c1-3-11-10(8-9(2)19-20-11)14(21)18-15-16-12-6-4-5-7-13(12)17-15/h4-8H,3H2,1-2H3,(H2,16,17,18,21). The first-order chi connectivity index (χ1) is 10.2. The van der Waals surface area contributed by atoms with E-state index in [1.165, 1.54) is 0 Å². The fraction of sp³-hybridized carbons (Fsp3) is 0.200. The van der Waals surface area contributed by atoms with E-state index in [0.29, 0.717) is 29.3 Å². The van der Waals surface area contributed by atoms with Gasteiger partial charge in [0, 0.05) is 0 Å². The number of nitrogens with one attached hydrogen (secondary N) is 2. The van der Waals surface area contributed by atoms with Gasteiger partial charge in [0.15, 0.2) is 0 Å². The maximum atomic E-state index is 12.4. The van der Waals surface area contributed by atoms with Crippen molar-refractivity contribution in [3.05, 3.63) is 47.3 Å². The van der Waals surface area contributed by atoms with Crippen LogP contribution in [0, 0.1) is 6.92 Å². The third kappa shape index (κ3) is 2.60. The third-order valence-electron chi connectivity index (χ3n) is 3.19. The Morgan fingerprint density at radius 2 is 2.10 bits per heavy atom. The first-order valence-electron chi connectivity index (χ1n) is 6.76. The fourth-order valence-corrected chi connectivity index (χ4v) is 2.16. The molecule has 106 valence electrons. The number of imidazole rings is 1. The predicted octanol–water partition coefficient (Wildman–Crippen LogP) is 2.48. The van der Waals surface area contributed by atoms with E-state index >= 15 is 0 Å². The molecule has 2 N–H and O–H groups in total. The van der Waals surface area contributed by atoms with Gasteiger partial charge in [0.2, 0.25) is 5.95 Å². The molecular weight excluding hydrogens is 266 g/mol. The molecule has 1 amide bonds. The lowest BCUT2D eigenvalue weighted by atomic mass is 10.1. The summed E-state index contributed by atoms with van der Waals surface area (Å²) in [6.07, 6.45) is 0.649. The molecule has 0 aliphatic rings. The number of anilines is 1. The van der Waals surface area contributed by atoms with Crippen molar-refractivity contribution in [1.82, 2.24) is 20.2 Å². The van der Waals surface area contributed by atoms with E-state index in [4.69, 9.17) is 0 Å². The number of carbonyl (C=O) groups excluding carboxylic acids is 1. The SMILES string of the molecule is CCc1nnc(C)cc1C(=O)Nc1nc2ccccc2[nH]1. The number of aromatic amines is 1. The number of hydrogen-bond donors (Lipinski definition) is 2. The molecule has 3 rings (SSSR count). The van der Waals surface area contributed by atoms with Crippen LogP contribution in [0.1, 0.15) is 28.7 Å². The topological polar surface area (TPSA) is 83.6 Å². The maximum absolute atomic E-state index is 12.4. The summed E-state index contributed by atoms with van der Waals surface area (Å²) in [6, 6.07) is 9.35. The number of hydrogen-bond acceptors (Lipinski definition) is 4. The molecule has 0 radical (unpaired) electrons. The summed E-state index contributed by atoms with van der Waals surface area (Å²) in [5, 5.41) is 10.8. The molecule has 21 heavy (non-hydrogen) atoms. The van der Waals surface area contributed by atoms with Gasteiger partial charge in [-0.3, -0.25) is 10.1 Å². The van der Waals surface area contributed by atoms with E-state index in [2.05, 4.69) is 25.5 Å². The number of rotatable bonds is 3. The van der Waals surface area contributed by atoms with Gasteiger partial charge < -0.3 is 4.98 Å². The zero-order chi connectivity index (χ0) is 14.8. The molecule has 6 nitrogen and oxygen atoms in total. The molecule has 0 unspecified atom stereocenters. The van der Waals surface area contributed by atoms with Crippen LogP contribution in [-0.4, -0.2) is 26.1 Å². The second kappa shape index (κ2) is 5.32. The summed E-state index contributed by atoms with van der Waals surface area (Å²) in [5.41, 5.74) is 3.61. The summed E-state index contributed by atoms with van der Waals surface area (Å²) >= 11 is 0. The number of amides is 1. The zero-order valence-electron chi connectivity index (χ0n) is 11.8. The Balaban J connectivity index is 1.90. The van der Waals surface area contributed by atoms with Gasteiger partial charge in [-0.05, 0) is 31.5 Å². The van der Waals surface area contributed by atoms with Gasteiger partial charge >= 0.3 is 0 Å². The Kier molecular flexibility index (Phi) is 3.35. The molecule has 0 saturated heterocycles. The molecule has 2 aromatic heterocycles. The van der Waals surface area contributed by atoms with Gasteiger partial charge in [-0.15, -0.1) is 0 Å². The van der Waals surface area contributed by atoms with Crippen molar-refractivity contribution in [3.8, 4) is 0 Å². The number of carbonyl (C=O) groups is 1. The monoisotopic (exact) mass is 281 g/mol. The number of H-pyrrole nitrogens is 1. The largest absolute Gasteiger partial charge is 0.324 e. The van der Waals surface area contributed by atoms with Crippen molar-refractivity contribution < 1.29 is 4.79 Å².